The summed E-state index contributed by atoms with van der Waals surface area (Å²) in [6, 6.07) is 52.0. The van der Waals surface area contributed by atoms with Crippen molar-refractivity contribution in [2.24, 2.45) is 0 Å². The maximum absolute atomic E-state index is 5.53. The van der Waals surface area contributed by atoms with Gasteiger partial charge in [0.2, 0.25) is 0 Å². The van der Waals surface area contributed by atoms with Gasteiger partial charge >= 0.3 is 0 Å². The first-order chi connectivity index (χ1) is 23.1. The van der Waals surface area contributed by atoms with Crippen LogP contribution in [0.25, 0.3) is 22.2 Å². The Morgan fingerprint density at radius 3 is 2.04 bits per heavy atom. The summed E-state index contributed by atoms with van der Waals surface area (Å²) in [4.78, 5) is 18.0. The minimum atomic E-state index is -1.27. The number of nitrogens with zero attached hydrogens (tertiary/aromatic N) is 4. The molecular weight excluding hydrogens is 652 g/mol. The van der Waals surface area contributed by atoms with E-state index in [1.165, 1.54) is 21.5 Å². The molecule has 6 heteroatoms. The van der Waals surface area contributed by atoms with Gasteiger partial charge in [0, 0.05) is 44.9 Å². The van der Waals surface area contributed by atoms with Gasteiger partial charge in [0.05, 0.1) is 16.9 Å². The van der Waals surface area contributed by atoms with Crippen LogP contribution in [-0.2, 0) is 34.9 Å². The Bertz CT molecular complexity index is 2160. The van der Waals surface area contributed by atoms with Crippen LogP contribution in [0.3, 0.4) is 0 Å². The van der Waals surface area contributed by atoms with Crippen molar-refractivity contribution in [1.82, 2.24) is 15.0 Å². The van der Waals surface area contributed by atoms with Crippen LogP contribution >= 0.6 is 0 Å². The topological polar surface area (TPSA) is 41.9 Å². The second kappa shape index (κ2) is 13.3. The first-order valence-electron chi connectivity index (χ1n) is 16.3. The Morgan fingerprint density at radius 2 is 1.27 bits per heavy atom. The van der Waals surface area contributed by atoms with Gasteiger partial charge in [0.25, 0.3) is 0 Å². The van der Waals surface area contributed by atoms with Gasteiger partial charge in [0.1, 0.15) is 20.4 Å². The number of hydrogen-bond donors (Lipinski definition) is 0. The van der Waals surface area contributed by atoms with Crippen LogP contribution in [-0.4, -0.2) is 23.7 Å². The van der Waals surface area contributed by atoms with Gasteiger partial charge in [-0.15, -0.1) is 0 Å². The minimum Gasteiger partial charge on any atom is -0.278 e. The van der Waals surface area contributed by atoms with E-state index in [0.29, 0.717) is 0 Å². The third kappa shape index (κ3) is 5.77. The van der Waals surface area contributed by atoms with Gasteiger partial charge < -0.3 is 0 Å². The molecule has 3 aromatic heterocycles. The molecule has 4 heterocycles. The van der Waals surface area contributed by atoms with Crippen LogP contribution in [0.5, 0.6) is 0 Å². The van der Waals surface area contributed by atoms with Crippen LogP contribution in [0, 0.1) is 0 Å². The van der Waals surface area contributed by atoms with Gasteiger partial charge in [-0.1, -0.05) is 139 Å². The second-order valence-electron chi connectivity index (χ2n) is 12.6. The monoisotopic (exact) mass is 686 g/mol. The third-order valence-electron chi connectivity index (χ3n) is 9.33. The second-order valence-corrected chi connectivity index (χ2v) is 15.8. The molecule has 0 bridgehead atoms. The number of anilines is 3. The van der Waals surface area contributed by atoms with Crippen LogP contribution < -0.4 is 15.3 Å². The zero-order valence-electron chi connectivity index (χ0n) is 26.9. The van der Waals surface area contributed by atoms with E-state index in [-0.39, 0.29) is 22.1 Å². The Balaban J connectivity index is 0.00000364. The Hall–Kier alpha value is -4.87. The van der Waals surface area contributed by atoms with E-state index in [1.54, 1.807) is 0 Å². The number of hydrogen-bond acceptors (Lipinski definition) is 4. The van der Waals surface area contributed by atoms with Crippen molar-refractivity contribution in [1.29, 1.82) is 0 Å². The van der Waals surface area contributed by atoms with Crippen molar-refractivity contribution in [3.8, 4) is 11.3 Å². The summed E-state index contributed by atoms with van der Waals surface area (Å²) in [6.07, 6.45) is 3.71. The minimum absolute atomic E-state index is 0. The Labute approximate surface area is 294 Å². The molecule has 4 nitrogen and oxygen atoms in total. The number of rotatable bonds is 6. The molecule has 0 spiro atoms. The maximum Gasteiger partial charge on any atom is 0.142 e. The van der Waals surface area contributed by atoms with Crippen LogP contribution in [0.4, 0.5) is 17.3 Å². The summed E-state index contributed by atoms with van der Waals surface area (Å²) in [7, 11) is -1.27. The van der Waals surface area contributed by atoms with Crippen LogP contribution in [0.15, 0.2) is 152 Å². The molecule has 4 aromatic carbocycles. The molecule has 0 amide bonds. The Kier molecular flexibility index (Phi) is 8.80. The molecular formula is C42H35CuN4Si. The molecule has 0 unspecified atom stereocenters. The predicted octanol–water partition coefficient (Wildman–Crippen LogP) is 8.38. The normalized spacial score (nSPS) is 12.6. The molecule has 238 valence electrons. The molecule has 0 saturated carbocycles. The summed E-state index contributed by atoms with van der Waals surface area (Å²) < 4.78 is 0. The first-order valence-corrected chi connectivity index (χ1v) is 17.8. The summed E-state index contributed by atoms with van der Waals surface area (Å²) >= 11 is 0. The fourth-order valence-electron chi connectivity index (χ4n) is 7.00. The fraction of sp³-hybridized carbons (Fsp3) is 0.119. The van der Waals surface area contributed by atoms with Gasteiger partial charge in [-0.25, -0.2) is 9.97 Å². The molecule has 0 N–H and O–H groups in total. The molecule has 0 fully saturated rings. The van der Waals surface area contributed by atoms with Crippen molar-refractivity contribution in [3.05, 3.63) is 169 Å². The molecule has 48 heavy (non-hydrogen) atoms. The SMILES string of the molecule is CC(C)(c1cccc(N2c3ccccc3CCc3ccc(-c4cccc5cccnc45)nc32)n1)[Si](c1ccccc1)c1ccccc1.[Cu]. The quantitative estimate of drug-likeness (QED) is 0.165. The summed E-state index contributed by atoms with van der Waals surface area (Å²) in [6.45, 7) is 4.73. The fourth-order valence-corrected chi connectivity index (χ4v) is 10.2. The van der Waals surface area contributed by atoms with E-state index < -0.39 is 8.80 Å². The number of para-hydroxylation sites is 2. The number of pyridine rings is 3. The number of aromatic nitrogens is 3. The van der Waals surface area contributed by atoms with E-state index in [1.807, 2.05) is 12.3 Å². The zero-order valence-corrected chi connectivity index (χ0v) is 28.9. The van der Waals surface area contributed by atoms with Crippen LogP contribution in [0.2, 0.25) is 0 Å². The molecule has 7 aromatic rings. The summed E-state index contributed by atoms with van der Waals surface area (Å²) in [5, 5.41) is 3.64. The van der Waals surface area contributed by atoms with Gasteiger partial charge in [0.15, 0.2) is 0 Å². The molecule has 8 rings (SSSR count). The van der Waals surface area contributed by atoms with Gasteiger partial charge in [-0.2, -0.15) is 0 Å². The number of fused-ring (bicyclic) bond motifs is 3. The van der Waals surface area contributed by atoms with Crippen molar-refractivity contribution in [2.75, 3.05) is 4.90 Å². The molecule has 0 saturated heterocycles. The molecule has 1 aliphatic rings. The van der Waals surface area contributed by atoms with E-state index in [0.717, 1.165) is 58.0 Å². The van der Waals surface area contributed by atoms with Crippen molar-refractivity contribution >= 4 is 47.4 Å². The van der Waals surface area contributed by atoms with Crippen LogP contribution in [0.1, 0.15) is 30.7 Å². The van der Waals surface area contributed by atoms with E-state index >= 15 is 0 Å². The van der Waals surface area contributed by atoms with Gasteiger partial charge in [-0.05, 0) is 54.3 Å². The summed E-state index contributed by atoms with van der Waals surface area (Å²) in [5.41, 5.74) is 7.62. The Morgan fingerprint density at radius 1 is 0.604 bits per heavy atom. The average Bonchev–Trinajstić information content (AvgIpc) is 3.29. The smallest absolute Gasteiger partial charge is 0.142 e. The average molecular weight is 687 g/mol. The number of benzene rings is 4. The molecule has 2 radical (unpaired) electrons. The molecule has 1 aliphatic heterocycles. The van der Waals surface area contributed by atoms with Crippen molar-refractivity contribution < 1.29 is 17.1 Å². The van der Waals surface area contributed by atoms with E-state index in [9.17, 15) is 0 Å². The predicted molar refractivity (Wildman–Crippen MR) is 196 cm³/mol. The summed E-state index contributed by atoms with van der Waals surface area (Å²) in [5.74, 6) is 1.81. The standard InChI is InChI=1S/C42H35N4Si.Cu/c1-42(2,47(33-17-5-3-6-18-33)34-19-7-4-8-20-34)38-23-12-24-39(45-38)46-37-22-10-9-14-30(37)25-26-32-27-28-36(44-41(32)46)35-21-11-15-31-16-13-29-43-40(31)35;/h3-24,27-29H,25-26H2,1-2H3;. The maximum atomic E-state index is 5.53. The van der Waals surface area contributed by atoms with Crippen molar-refractivity contribution in [3.63, 3.8) is 0 Å². The molecule has 0 aliphatic carbocycles. The van der Waals surface area contributed by atoms with E-state index in [4.69, 9.17) is 15.0 Å². The van der Waals surface area contributed by atoms with Crippen molar-refractivity contribution in [2.45, 2.75) is 31.7 Å². The third-order valence-corrected chi connectivity index (χ3v) is 12.7. The zero-order chi connectivity index (χ0) is 31.8. The van der Waals surface area contributed by atoms with E-state index in [2.05, 4.69) is 158 Å². The van der Waals surface area contributed by atoms with Gasteiger partial charge in [-0.3, -0.25) is 9.88 Å². The first kappa shape index (κ1) is 31.7. The molecule has 0 atom stereocenters. The number of aryl methyl sites for hydroxylation is 2. The largest absolute Gasteiger partial charge is 0.278 e.